The van der Waals surface area contributed by atoms with Crippen molar-refractivity contribution in [2.75, 3.05) is 18.2 Å². The summed E-state index contributed by atoms with van der Waals surface area (Å²) in [5.41, 5.74) is 8.32. The van der Waals surface area contributed by atoms with Gasteiger partial charge < -0.3 is 15.8 Å². The van der Waals surface area contributed by atoms with Crippen LogP contribution in [0.5, 0.6) is 0 Å². The van der Waals surface area contributed by atoms with Crippen LogP contribution in [0.1, 0.15) is 15.9 Å². The van der Waals surface area contributed by atoms with Crippen molar-refractivity contribution in [2.45, 2.75) is 0 Å². The lowest BCUT2D eigenvalue weighted by Crippen LogP contribution is -2.08. The van der Waals surface area contributed by atoms with Crippen molar-refractivity contribution in [3.8, 4) is 6.07 Å². The number of nitrogen functional groups attached to an aromatic ring is 1. The highest BCUT2D eigenvalue weighted by molar-refractivity contribution is 5.99. The SMILES string of the molecule is COC(=O)c1cccc(N)c1Nc1cccc(C#N)c1. The lowest BCUT2D eigenvalue weighted by molar-refractivity contribution is 0.0602. The molecule has 0 fully saturated rings. The maximum absolute atomic E-state index is 11.7. The number of para-hydroxylation sites is 1. The van der Waals surface area contributed by atoms with Crippen LogP contribution in [0.15, 0.2) is 42.5 Å². The van der Waals surface area contributed by atoms with Gasteiger partial charge in [-0.05, 0) is 30.3 Å². The Kier molecular flexibility index (Phi) is 3.87. The lowest BCUT2D eigenvalue weighted by Gasteiger charge is -2.13. The number of hydrogen-bond donors (Lipinski definition) is 2. The number of carbonyl (C=O) groups is 1. The van der Waals surface area contributed by atoms with Gasteiger partial charge in [-0.25, -0.2) is 4.79 Å². The van der Waals surface area contributed by atoms with Gasteiger partial charge in [-0.15, -0.1) is 0 Å². The molecule has 0 saturated carbocycles. The van der Waals surface area contributed by atoms with E-state index < -0.39 is 5.97 Å². The Morgan fingerprint density at radius 1 is 1.30 bits per heavy atom. The smallest absolute Gasteiger partial charge is 0.340 e. The van der Waals surface area contributed by atoms with Gasteiger partial charge in [0, 0.05) is 5.69 Å². The average Bonchev–Trinajstić information content (AvgIpc) is 2.48. The van der Waals surface area contributed by atoms with Crippen LogP contribution in [-0.4, -0.2) is 13.1 Å². The first kappa shape index (κ1) is 13.4. The number of nitrogens with two attached hydrogens (primary N) is 1. The van der Waals surface area contributed by atoms with Crippen LogP contribution in [0, 0.1) is 11.3 Å². The molecule has 2 rings (SSSR count). The third-order valence-electron chi connectivity index (χ3n) is 2.76. The molecular weight excluding hydrogens is 254 g/mol. The van der Waals surface area contributed by atoms with Crippen LogP contribution in [0.2, 0.25) is 0 Å². The molecule has 100 valence electrons. The summed E-state index contributed by atoms with van der Waals surface area (Å²) in [7, 11) is 1.31. The number of anilines is 3. The van der Waals surface area contributed by atoms with Crippen LogP contribution < -0.4 is 11.1 Å². The summed E-state index contributed by atoms with van der Waals surface area (Å²) in [6, 6.07) is 13.9. The zero-order valence-electron chi connectivity index (χ0n) is 10.9. The minimum absolute atomic E-state index is 0.342. The molecule has 0 bridgehead atoms. The first-order valence-electron chi connectivity index (χ1n) is 5.89. The van der Waals surface area contributed by atoms with E-state index in [9.17, 15) is 4.79 Å². The van der Waals surface area contributed by atoms with E-state index in [-0.39, 0.29) is 0 Å². The highest BCUT2D eigenvalue weighted by Gasteiger charge is 2.14. The van der Waals surface area contributed by atoms with Crippen LogP contribution in [0.25, 0.3) is 0 Å². The number of ether oxygens (including phenoxy) is 1. The molecule has 0 aromatic heterocycles. The second kappa shape index (κ2) is 5.76. The quantitative estimate of drug-likeness (QED) is 0.659. The summed E-state index contributed by atoms with van der Waals surface area (Å²) in [5, 5.41) is 11.9. The van der Waals surface area contributed by atoms with E-state index in [2.05, 4.69) is 11.4 Å². The first-order chi connectivity index (χ1) is 9.65. The summed E-state index contributed by atoms with van der Waals surface area (Å²) in [6.45, 7) is 0. The van der Waals surface area contributed by atoms with Gasteiger partial charge in [0.15, 0.2) is 0 Å². The Morgan fingerprint density at radius 2 is 2.05 bits per heavy atom. The Balaban J connectivity index is 2.42. The molecule has 0 spiro atoms. The monoisotopic (exact) mass is 267 g/mol. The highest BCUT2D eigenvalue weighted by atomic mass is 16.5. The van der Waals surface area contributed by atoms with E-state index in [0.717, 1.165) is 0 Å². The molecule has 3 N–H and O–H groups in total. The molecule has 0 aliphatic heterocycles. The average molecular weight is 267 g/mol. The van der Waals surface area contributed by atoms with Crippen molar-refractivity contribution >= 4 is 23.0 Å². The molecule has 5 heteroatoms. The molecule has 0 heterocycles. The predicted octanol–water partition coefficient (Wildman–Crippen LogP) is 2.67. The van der Waals surface area contributed by atoms with E-state index in [4.69, 9.17) is 15.7 Å². The van der Waals surface area contributed by atoms with E-state index >= 15 is 0 Å². The van der Waals surface area contributed by atoms with Crippen molar-refractivity contribution < 1.29 is 9.53 Å². The second-order valence-corrected chi connectivity index (χ2v) is 4.08. The van der Waals surface area contributed by atoms with E-state index in [1.54, 1.807) is 42.5 Å². The first-order valence-corrected chi connectivity index (χ1v) is 5.89. The van der Waals surface area contributed by atoms with Crippen LogP contribution in [0.4, 0.5) is 17.1 Å². The van der Waals surface area contributed by atoms with Crippen molar-refractivity contribution in [1.82, 2.24) is 0 Å². The highest BCUT2D eigenvalue weighted by Crippen LogP contribution is 2.28. The van der Waals surface area contributed by atoms with Crippen molar-refractivity contribution in [3.05, 3.63) is 53.6 Å². The minimum Gasteiger partial charge on any atom is -0.465 e. The number of nitrogens with zero attached hydrogens (tertiary/aromatic N) is 1. The predicted molar refractivity (Wildman–Crippen MR) is 76.6 cm³/mol. The van der Waals surface area contributed by atoms with Gasteiger partial charge in [-0.1, -0.05) is 12.1 Å². The Bertz CT molecular complexity index is 690. The number of carbonyl (C=O) groups excluding carboxylic acids is 1. The van der Waals surface area contributed by atoms with Gasteiger partial charge in [-0.2, -0.15) is 5.26 Å². The van der Waals surface area contributed by atoms with Gasteiger partial charge in [0.2, 0.25) is 0 Å². The fourth-order valence-electron chi connectivity index (χ4n) is 1.80. The second-order valence-electron chi connectivity index (χ2n) is 4.08. The number of nitriles is 1. The van der Waals surface area contributed by atoms with Crippen molar-refractivity contribution in [2.24, 2.45) is 0 Å². The molecule has 0 saturated heterocycles. The zero-order valence-corrected chi connectivity index (χ0v) is 10.9. The van der Waals surface area contributed by atoms with Gasteiger partial charge in [0.25, 0.3) is 0 Å². The maximum Gasteiger partial charge on any atom is 0.340 e. The van der Waals surface area contributed by atoms with Crippen molar-refractivity contribution in [1.29, 1.82) is 5.26 Å². The largest absolute Gasteiger partial charge is 0.465 e. The summed E-state index contributed by atoms with van der Waals surface area (Å²) >= 11 is 0. The summed E-state index contributed by atoms with van der Waals surface area (Å²) in [5.74, 6) is -0.476. The molecule has 0 aliphatic carbocycles. The van der Waals surface area contributed by atoms with Crippen LogP contribution >= 0.6 is 0 Å². The molecule has 0 unspecified atom stereocenters. The topological polar surface area (TPSA) is 88.1 Å². The molecule has 20 heavy (non-hydrogen) atoms. The number of methoxy groups -OCH3 is 1. The summed E-state index contributed by atoms with van der Waals surface area (Å²) < 4.78 is 4.73. The van der Waals surface area contributed by atoms with Gasteiger partial charge in [0.1, 0.15) is 0 Å². The van der Waals surface area contributed by atoms with Gasteiger partial charge in [-0.3, -0.25) is 0 Å². The van der Waals surface area contributed by atoms with E-state index in [1.165, 1.54) is 7.11 Å². The fraction of sp³-hybridized carbons (Fsp3) is 0.0667. The molecular formula is C15H13N3O2. The normalized spacial score (nSPS) is 9.60. The standard InChI is InChI=1S/C15H13N3O2/c1-20-15(19)12-6-3-7-13(17)14(12)18-11-5-2-4-10(8-11)9-16/h2-8,18H,17H2,1H3. The summed E-state index contributed by atoms with van der Waals surface area (Å²) in [4.78, 5) is 11.7. The number of hydrogen-bond acceptors (Lipinski definition) is 5. The minimum atomic E-state index is -0.476. The third kappa shape index (κ3) is 2.70. The Hall–Kier alpha value is -3.00. The van der Waals surface area contributed by atoms with E-state index in [0.29, 0.717) is 28.2 Å². The summed E-state index contributed by atoms with van der Waals surface area (Å²) in [6.07, 6.45) is 0. The van der Waals surface area contributed by atoms with Crippen LogP contribution in [0.3, 0.4) is 0 Å². The molecule has 0 amide bonds. The molecule has 2 aromatic rings. The molecule has 0 atom stereocenters. The fourth-order valence-corrected chi connectivity index (χ4v) is 1.80. The van der Waals surface area contributed by atoms with Gasteiger partial charge >= 0.3 is 5.97 Å². The zero-order chi connectivity index (χ0) is 14.5. The molecule has 5 nitrogen and oxygen atoms in total. The number of nitrogens with one attached hydrogen (secondary N) is 1. The molecule has 2 aromatic carbocycles. The number of rotatable bonds is 3. The Labute approximate surface area is 116 Å². The number of benzene rings is 2. The third-order valence-corrected chi connectivity index (χ3v) is 2.76. The molecule has 0 radical (unpaired) electrons. The Morgan fingerprint density at radius 3 is 2.75 bits per heavy atom. The maximum atomic E-state index is 11.7. The lowest BCUT2D eigenvalue weighted by atomic mass is 10.1. The van der Waals surface area contributed by atoms with Crippen molar-refractivity contribution in [3.63, 3.8) is 0 Å². The van der Waals surface area contributed by atoms with Gasteiger partial charge in [0.05, 0.1) is 35.7 Å². The molecule has 0 aliphatic rings. The van der Waals surface area contributed by atoms with E-state index in [1.807, 2.05) is 0 Å². The number of esters is 1. The van der Waals surface area contributed by atoms with Crippen LogP contribution in [-0.2, 0) is 4.74 Å².